The molecule has 1 heterocycles. The van der Waals surface area contributed by atoms with Crippen molar-refractivity contribution in [2.45, 2.75) is 49.8 Å². The molecule has 27 heavy (non-hydrogen) atoms. The van der Waals surface area contributed by atoms with Crippen LogP contribution in [-0.2, 0) is 19.6 Å². The van der Waals surface area contributed by atoms with Crippen LogP contribution >= 0.6 is 0 Å². The monoisotopic (exact) mass is 396 g/mol. The molecule has 2 fully saturated rings. The molecule has 1 N–H and O–H groups in total. The Morgan fingerprint density at radius 3 is 2.19 bits per heavy atom. The van der Waals surface area contributed by atoms with E-state index in [0.717, 1.165) is 12.8 Å². The average molecular weight is 396 g/mol. The van der Waals surface area contributed by atoms with E-state index in [1.54, 1.807) is 0 Å². The molecule has 0 bridgehead atoms. The van der Waals surface area contributed by atoms with Crippen LogP contribution in [0.3, 0.4) is 0 Å². The van der Waals surface area contributed by atoms with Gasteiger partial charge in [0.05, 0.1) is 17.1 Å². The van der Waals surface area contributed by atoms with Gasteiger partial charge in [0.15, 0.2) is 0 Å². The van der Waals surface area contributed by atoms with Crippen molar-refractivity contribution in [3.05, 3.63) is 29.8 Å². The van der Waals surface area contributed by atoms with E-state index in [2.05, 4.69) is 0 Å². The quantitative estimate of drug-likeness (QED) is 0.774. The number of amides is 1. The molecule has 2 aliphatic rings. The van der Waals surface area contributed by atoms with E-state index >= 15 is 0 Å². The van der Waals surface area contributed by atoms with Gasteiger partial charge in [-0.2, -0.15) is 4.31 Å². The van der Waals surface area contributed by atoms with E-state index in [9.17, 15) is 18.0 Å². The molecule has 3 rings (SSSR count). The molecule has 0 aromatic heterocycles. The number of rotatable bonds is 6. The Kier molecular flexibility index (Phi) is 5.55. The van der Waals surface area contributed by atoms with Gasteiger partial charge in [0, 0.05) is 24.7 Å². The van der Waals surface area contributed by atoms with Gasteiger partial charge < -0.3 is 14.7 Å². The summed E-state index contributed by atoms with van der Waals surface area (Å²) in [6.07, 6.45) is 1.21. The largest absolute Gasteiger partial charge is 0.480 e. The maximum atomic E-state index is 12.9. The van der Waals surface area contributed by atoms with Crippen molar-refractivity contribution < 1.29 is 27.9 Å². The van der Waals surface area contributed by atoms with Gasteiger partial charge in [0.25, 0.3) is 5.91 Å². The van der Waals surface area contributed by atoms with Crippen molar-refractivity contribution in [1.29, 1.82) is 0 Å². The van der Waals surface area contributed by atoms with Gasteiger partial charge in [-0.3, -0.25) is 9.59 Å². The zero-order chi connectivity index (χ0) is 19.8. The van der Waals surface area contributed by atoms with Crippen molar-refractivity contribution in [1.82, 2.24) is 9.21 Å². The summed E-state index contributed by atoms with van der Waals surface area (Å²) in [4.78, 5) is 25.0. The number of ether oxygens (including phenoxy) is 1. The molecule has 8 nitrogen and oxygen atoms in total. The number of hydrogen-bond acceptors (Lipinski definition) is 5. The van der Waals surface area contributed by atoms with Crippen molar-refractivity contribution in [2.75, 3.05) is 19.6 Å². The molecule has 1 aromatic rings. The molecule has 1 saturated heterocycles. The number of carbonyl (C=O) groups excluding carboxylic acids is 1. The molecule has 1 saturated carbocycles. The molecule has 148 valence electrons. The molecule has 0 radical (unpaired) electrons. The third kappa shape index (κ3) is 4.48. The van der Waals surface area contributed by atoms with Crippen LogP contribution in [-0.4, -0.2) is 72.5 Å². The normalized spacial score (nSPS) is 23.8. The lowest BCUT2D eigenvalue weighted by Crippen LogP contribution is -2.48. The van der Waals surface area contributed by atoms with Crippen molar-refractivity contribution >= 4 is 21.9 Å². The summed E-state index contributed by atoms with van der Waals surface area (Å²) in [5, 5.41) is 9.01. The van der Waals surface area contributed by atoms with Gasteiger partial charge in [-0.05, 0) is 51.0 Å². The minimum Gasteiger partial charge on any atom is -0.480 e. The van der Waals surface area contributed by atoms with Crippen LogP contribution in [0.15, 0.2) is 29.2 Å². The van der Waals surface area contributed by atoms with Crippen molar-refractivity contribution in [2.24, 2.45) is 0 Å². The molecular formula is C18H24N2O6S. The first kappa shape index (κ1) is 19.8. The molecule has 0 spiro atoms. The van der Waals surface area contributed by atoms with E-state index in [-0.39, 0.29) is 48.3 Å². The van der Waals surface area contributed by atoms with E-state index in [1.165, 1.54) is 33.5 Å². The Labute approximate surface area is 158 Å². The summed E-state index contributed by atoms with van der Waals surface area (Å²) < 4.78 is 32.7. The van der Waals surface area contributed by atoms with E-state index < -0.39 is 21.9 Å². The van der Waals surface area contributed by atoms with E-state index in [4.69, 9.17) is 9.84 Å². The number of hydrogen-bond donors (Lipinski definition) is 1. The van der Waals surface area contributed by atoms with Crippen molar-refractivity contribution in [3.63, 3.8) is 0 Å². The minimum atomic E-state index is -3.68. The van der Waals surface area contributed by atoms with Gasteiger partial charge >= 0.3 is 5.97 Å². The number of sulfonamides is 1. The standard InChI is InChI=1S/C18H24N2O6S/c1-12-9-19(10-13(2)26-12)27(24,25)16-7-3-14(4-8-16)18(23)20(11-17(21)22)15-5-6-15/h3-4,7-8,12-13,15H,5-6,9-11H2,1-2H3,(H,21,22). The molecule has 1 amide bonds. The van der Waals surface area contributed by atoms with Crippen LogP contribution in [0, 0.1) is 0 Å². The van der Waals surface area contributed by atoms with Crippen molar-refractivity contribution in [3.8, 4) is 0 Å². The summed E-state index contributed by atoms with van der Waals surface area (Å²) >= 11 is 0. The summed E-state index contributed by atoms with van der Waals surface area (Å²) in [6.45, 7) is 3.86. The predicted octanol–water partition coefficient (Wildman–Crippen LogP) is 1.17. The second-order valence-electron chi connectivity index (χ2n) is 7.16. The summed E-state index contributed by atoms with van der Waals surface area (Å²) in [5.74, 6) is -1.46. The molecule has 1 aromatic carbocycles. The SMILES string of the molecule is CC1CN(S(=O)(=O)c2ccc(C(=O)N(CC(=O)O)C3CC3)cc2)CC(C)O1. The van der Waals surface area contributed by atoms with Gasteiger partial charge in [-0.15, -0.1) is 0 Å². The smallest absolute Gasteiger partial charge is 0.323 e. The highest BCUT2D eigenvalue weighted by atomic mass is 32.2. The second kappa shape index (κ2) is 7.57. The Morgan fingerprint density at radius 2 is 1.70 bits per heavy atom. The Balaban J connectivity index is 1.78. The number of aliphatic carboxylic acids is 1. The topological polar surface area (TPSA) is 104 Å². The minimum absolute atomic E-state index is 0.0478. The maximum Gasteiger partial charge on any atom is 0.323 e. The van der Waals surface area contributed by atoms with E-state index in [0.29, 0.717) is 0 Å². The fraction of sp³-hybridized carbons (Fsp3) is 0.556. The van der Waals surface area contributed by atoms with Crippen LogP contribution in [0.1, 0.15) is 37.0 Å². The Morgan fingerprint density at radius 1 is 1.15 bits per heavy atom. The maximum absolute atomic E-state index is 12.9. The van der Waals surface area contributed by atoms with Crippen LogP contribution in [0.25, 0.3) is 0 Å². The van der Waals surface area contributed by atoms with Crippen LogP contribution in [0.4, 0.5) is 0 Å². The predicted molar refractivity (Wildman–Crippen MR) is 96.9 cm³/mol. The molecule has 1 aliphatic heterocycles. The lowest BCUT2D eigenvalue weighted by molar-refractivity contribution is -0.137. The summed E-state index contributed by atoms with van der Waals surface area (Å²) in [5.41, 5.74) is 0.283. The molecule has 2 unspecified atom stereocenters. The number of carboxylic acid groups (broad SMARTS) is 1. The fourth-order valence-corrected chi connectivity index (χ4v) is 4.90. The number of carboxylic acids is 1. The fourth-order valence-electron chi connectivity index (χ4n) is 3.31. The van der Waals surface area contributed by atoms with E-state index in [1.807, 2.05) is 13.8 Å². The lowest BCUT2D eigenvalue weighted by atomic mass is 10.2. The molecule has 9 heteroatoms. The third-order valence-electron chi connectivity index (χ3n) is 4.68. The zero-order valence-electron chi connectivity index (χ0n) is 15.4. The average Bonchev–Trinajstić information content (AvgIpc) is 3.43. The Bertz CT molecular complexity index is 809. The number of nitrogens with zero attached hydrogens (tertiary/aromatic N) is 2. The molecule has 1 aliphatic carbocycles. The summed E-state index contributed by atoms with van der Waals surface area (Å²) in [7, 11) is -3.68. The van der Waals surface area contributed by atoms with Gasteiger partial charge in [-0.25, -0.2) is 8.42 Å². The summed E-state index contributed by atoms with van der Waals surface area (Å²) in [6, 6.07) is 5.64. The van der Waals surface area contributed by atoms with Crippen LogP contribution in [0.5, 0.6) is 0 Å². The van der Waals surface area contributed by atoms with Crippen LogP contribution < -0.4 is 0 Å². The number of morpholine rings is 1. The first-order valence-corrected chi connectivity index (χ1v) is 10.4. The highest BCUT2D eigenvalue weighted by molar-refractivity contribution is 7.89. The lowest BCUT2D eigenvalue weighted by Gasteiger charge is -2.34. The molecular weight excluding hydrogens is 372 g/mol. The van der Waals surface area contributed by atoms with Gasteiger partial charge in [0.2, 0.25) is 10.0 Å². The zero-order valence-corrected chi connectivity index (χ0v) is 16.2. The second-order valence-corrected chi connectivity index (χ2v) is 9.10. The van der Waals surface area contributed by atoms with Gasteiger partial charge in [-0.1, -0.05) is 0 Å². The first-order chi connectivity index (χ1) is 12.7. The number of carbonyl (C=O) groups is 2. The Hall–Kier alpha value is -1.97. The highest BCUT2D eigenvalue weighted by Crippen LogP contribution is 2.28. The third-order valence-corrected chi connectivity index (χ3v) is 6.53. The molecule has 2 atom stereocenters. The first-order valence-electron chi connectivity index (χ1n) is 8.97. The number of benzene rings is 1. The van der Waals surface area contributed by atoms with Crippen LogP contribution in [0.2, 0.25) is 0 Å². The highest BCUT2D eigenvalue weighted by Gasteiger charge is 2.35. The van der Waals surface area contributed by atoms with Gasteiger partial charge in [0.1, 0.15) is 6.54 Å².